The van der Waals surface area contributed by atoms with Crippen LogP contribution in [0.4, 0.5) is 0 Å². The maximum absolute atomic E-state index is 12.9. The summed E-state index contributed by atoms with van der Waals surface area (Å²) < 4.78 is 64.9. The Morgan fingerprint density at radius 1 is 0.974 bits per heavy atom. The van der Waals surface area contributed by atoms with Gasteiger partial charge in [0.2, 0.25) is 26.0 Å². The first-order chi connectivity index (χ1) is 18.1. The molecular weight excluding hydrogens is 554 g/mol. The van der Waals surface area contributed by atoms with Gasteiger partial charge in [-0.3, -0.25) is 4.79 Å². The number of sulfonamides is 2. The number of ether oxygens (including phenoxy) is 2. The summed E-state index contributed by atoms with van der Waals surface area (Å²) in [5, 5.41) is 3.36. The number of amides is 1. The van der Waals surface area contributed by atoms with Crippen LogP contribution in [0.25, 0.3) is 0 Å². The lowest BCUT2D eigenvalue weighted by atomic mass is 9.99. The minimum absolute atomic E-state index is 0.140. The lowest BCUT2D eigenvalue weighted by molar-refractivity contribution is -0.126. The predicted octanol–water partition coefficient (Wildman–Crippen LogP) is 2.10. The molecule has 0 bridgehead atoms. The summed E-state index contributed by atoms with van der Waals surface area (Å²) in [6.07, 6.45) is 1.22. The highest BCUT2D eigenvalue weighted by Gasteiger charge is 2.32. The van der Waals surface area contributed by atoms with E-state index in [-0.39, 0.29) is 36.3 Å². The summed E-state index contributed by atoms with van der Waals surface area (Å²) in [5.41, 5.74) is 0.643. The SMILES string of the molecule is O=C(NCCOc1ccc(S(=O)(=O)N2CCOCC2)cc1)C1CCCN(S(=O)(=O)Cc2ccc(Cl)cc2)C1. The molecule has 2 aliphatic rings. The Hall–Kier alpha value is -2.22. The molecule has 1 atom stereocenters. The number of rotatable bonds is 10. The van der Waals surface area contributed by atoms with Crippen LogP contribution in [-0.4, -0.2) is 83.9 Å². The quantitative estimate of drug-likeness (QED) is 0.424. The summed E-state index contributed by atoms with van der Waals surface area (Å²) in [5.74, 6) is -0.309. The summed E-state index contributed by atoms with van der Waals surface area (Å²) in [7, 11) is -7.14. The molecule has 2 aliphatic heterocycles. The summed E-state index contributed by atoms with van der Waals surface area (Å²) in [6, 6.07) is 12.8. The summed E-state index contributed by atoms with van der Waals surface area (Å²) in [4.78, 5) is 12.9. The number of nitrogens with zero attached hydrogens (tertiary/aromatic N) is 2. The van der Waals surface area contributed by atoms with E-state index in [0.717, 1.165) is 0 Å². The van der Waals surface area contributed by atoms with E-state index in [1.54, 1.807) is 36.4 Å². The van der Waals surface area contributed by atoms with Gasteiger partial charge >= 0.3 is 0 Å². The van der Waals surface area contributed by atoms with Gasteiger partial charge in [-0.15, -0.1) is 0 Å². The van der Waals surface area contributed by atoms with E-state index in [0.29, 0.717) is 62.0 Å². The van der Waals surface area contributed by atoms with Crippen molar-refractivity contribution < 1.29 is 31.1 Å². The molecule has 0 spiro atoms. The number of halogens is 1. The molecule has 10 nitrogen and oxygen atoms in total. The van der Waals surface area contributed by atoms with Crippen LogP contribution in [-0.2, 0) is 35.3 Å². The fraction of sp³-hybridized carbons (Fsp3) is 0.480. The molecule has 1 unspecified atom stereocenters. The molecule has 208 valence electrons. The number of carbonyl (C=O) groups is 1. The number of piperidine rings is 1. The van der Waals surface area contributed by atoms with Gasteiger partial charge in [0.25, 0.3) is 0 Å². The highest BCUT2D eigenvalue weighted by atomic mass is 35.5. The third-order valence-corrected chi connectivity index (χ3v) is 10.5. The van der Waals surface area contributed by atoms with Gasteiger partial charge < -0.3 is 14.8 Å². The van der Waals surface area contributed by atoms with Gasteiger partial charge in [-0.05, 0) is 54.8 Å². The molecule has 4 rings (SSSR count). The zero-order chi connectivity index (χ0) is 27.2. The van der Waals surface area contributed by atoms with Crippen LogP contribution in [0.1, 0.15) is 18.4 Å². The molecular formula is C25H32ClN3O7S2. The van der Waals surface area contributed by atoms with Crippen molar-refractivity contribution in [3.63, 3.8) is 0 Å². The number of nitrogens with one attached hydrogen (secondary N) is 1. The number of morpholine rings is 1. The number of benzene rings is 2. The van der Waals surface area contributed by atoms with E-state index in [1.165, 1.54) is 20.7 Å². The molecule has 38 heavy (non-hydrogen) atoms. The molecule has 2 saturated heterocycles. The minimum atomic E-state index is -3.57. The smallest absolute Gasteiger partial charge is 0.243 e. The van der Waals surface area contributed by atoms with Crippen LogP contribution in [0, 0.1) is 5.92 Å². The van der Waals surface area contributed by atoms with E-state index < -0.39 is 26.0 Å². The third kappa shape index (κ3) is 7.45. The van der Waals surface area contributed by atoms with Gasteiger partial charge in [-0.1, -0.05) is 23.7 Å². The fourth-order valence-corrected chi connectivity index (χ4v) is 7.57. The van der Waals surface area contributed by atoms with Crippen LogP contribution >= 0.6 is 11.6 Å². The second-order valence-electron chi connectivity index (χ2n) is 9.21. The molecule has 0 aromatic heterocycles. The molecule has 2 fully saturated rings. The van der Waals surface area contributed by atoms with Crippen molar-refractivity contribution in [2.24, 2.45) is 5.92 Å². The zero-order valence-corrected chi connectivity index (χ0v) is 23.3. The molecule has 2 heterocycles. The minimum Gasteiger partial charge on any atom is -0.492 e. The van der Waals surface area contributed by atoms with Crippen LogP contribution in [0.3, 0.4) is 0 Å². The van der Waals surface area contributed by atoms with Crippen LogP contribution < -0.4 is 10.1 Å². The second kappa shape index (κ2) is 12.8. The topological polar surface area (TPSA) is 122 Å². The molecule has 0 saturated carbocycles. The Bertz CT molecular complexity index is 1300. The largest absolute Gasteiger partial charge is 0.492 e. The summed E-state index contributed by atoms with van der Waals surface area (Å²) >= 11 is 5.88. The lowest BCUT2D eigenvalue weighted by Gasteiger charge is -2.31. The van der Waals surface area contributed by atoms with Crippen molar-refractivity contribution in [2.75, 3.05) is 52.5 Å². The molecule has 13 heteroatoms. The van der Waals surface area contributed by atoms with E-state index >= 15 is 0 Å². The van der Waals surface area contributed by atoms with E-state index in [9.17, 15) is 21.6 Å². The zero-order valence-electron chi connectivity index (χ0n) is 20.9. The first-order valence-corrected chi connectivity index (χ1v) is 15.9. The van der Waals surface area contributed by atoms with E-state index in [2.05, 4.69) is 5.32 Å². The number of hydrogen-bond acceptors (Lipinski definition) is 7. The van der Waals surface area contributed by atoms with E-state index in [4.69, 9.17) is 21.1 Å². The van der Waals surface area contributed by atoms with Crippen molar-refractivity contribution in [2.45, 2.75) is 23.5 Å². The summed E-state index contributed by atoms with van der Waals surface area (Å²) in [6.45, 7) is 2.37. The molecule has 0 radical (unpaired) electrons. The average Bonchev–Trinajstić information content (AvgIpc) is 2.93. The number of carbonyl (C=O) groups excluding carboxylic acids is 1. The van der Waals surface area contributed by atoms with Gasteiger partial charge in [0, 0.05) is 31.2 Å². The van der Waals surface area contributed by atoms with Crippen molar-refractivity contribution in [1.29, 1.82) is 0 Å². The monoisotopic (exact) mass is 585 g/mol. The molecule has 0 aliphatic carbocycles. The highest BCUT2D eigenvalue weighted by molar-refractivity contribution is 7.89. The van der Waals surface area contributed by atoms with Crippen molar-refractivity contribution in [1.82, 2.24) is 13.9 Å². The van der Waals surface area contributed by atoms with Crippen LogP contribution in [0.15, 0.2) is 53.4 Å². The Labute approximate surface area is 229 Å². The van der Waals surface area contributed by atoms with Gasteiger partial charge in [0.1, 0.15) is 12.4 Å². The average molecular weight is 586 g/mol. The molecule has 2 aromatic carbocycles. The maximum atomic E-state index is 12.9. The third-order valence-electron chi connectivity index (χ3n) is 6.51. The van der Waals surface area contributed by atoms with Crippen molar-refractivity contribution in [3.05, 3.63) is 59.1 Å². The van der Waals surface area contributed by atoms with Crippen molar-refractivity contribution >= 4 is 37.6 Å². The first-order valence-electron chi connectivity index (χ1n) is 12.5. The Kier molecular flexibility index (Phi) is 9.66. The molecule has 1 N–H and O–H groups in total. The maximum Gasteiger partial charge on any atom is 0.243 e. The highest BCUT2D eigenvalue weighted by Crippen LogP contribution is 2.23. The predicted molar refractivity (Wildman–Crippen MR) is 143 cm³/mol. The van der Waals surface area contributed by atoms with Gasteiger partial charge in [-0.25, -0.2) is 21.1 Å². The lowest BCUT2D eigenvalue weighted by Crippen LogP contribution is -2.46. The van der Waals surface area contributed by atoms with Gasteiger partial charge in [-0.2, -0.15) is 4.31 Å². The fourth-order valence-electron chi connectivity index (χ4n) is 4.42. The Morgan fingerprint density at radius 3 is 2.34 bits per heavy atom. The van der Waals surface area contributed by atoms with Crippen LogP contribution in [0.5, 0.6) is 5.75 Å². The normalized spacial score (nSPS) is 19.7. The first kappa shape index (κ1) is 28.8. The van der Waals surface area contributed by atoms with Crippen molar-refractivity contribution in [3.8, 4) is 5.75 Å². The van der Waals surface area contributed by atoms with E-state index in [1.807, 2.05) is 0 Å². The number of hydrogen-bond donors (Lipinski definition) is 1. The Morgan fingerprint density at radius 2 is 1.66 bits per heavy atom. The standard InChI is InChI=1S/C25H32ClN3O7S2/c26-22-5-3-20(4-6-22)19-37(31,32)29-12-1-2-21(18-29)25(30)27-11-15-36-23-7-9-24(10-8-23)38(33,34)28-13-16-35-17-14-28/h3-10,21H,1-2,11-19H2,(H,27,30). The van der Waals surface area contributed by atoms with Gasteiger partial charge in [0.05, 0.1) is 36.3 Å². The molecule has 2 aromatic rings. The second-order valence-corrected chi connectivity index (χ2v) is 13.6. The van der Waals surface area contributed by atoms with Gasteiger partial charge in [0.15, 0.2) is 0 Å². The molecule has 1 amide bonds. The Balaban J connectivity index is 1.22. The van der Waals surface area contributed by atoms with Crippen LogP contribution in [0.2, 0.25) is 5.02 Å².